The zero-order valence-electron chi connectivity index (χ0n) is 17.4. The first kappa shape index (κ1) is 20.3. The Kier molecular flexibility index (Phi) is 4.79. The van der Waals surface area contributed by atoms with E-state index in [0.29, 0.717) is 30.2 Å². The average molecular weight is 441 g/mol. The van der Waals surface area contributed by atoms with Crippen molar-refractivity contribution < 1.29 is 23.1 Å². The number of alkyl halides is 2. The monoisotopic (exact) mass is 441 g/mol. The van der Waals surface area contributed by atoms with Gasteiger partial charge in [0.2, 0.25) is 0 Å². The molecule has 0 aromatic carbocycles. The fourth-order valence-corrected chi connectivity index (χ4v) is 4.08. The molecule has 5 heterocycles. The standard InChI is InChI=1S/C22H21F2N5O3/c1-14-13-27(7-5-22(14,23)24)20(30)16-10-15-4-6-28(19(15)26-11-16)17-2-3-18(25-12-17)29-8-9-32-21(29)31/h2-4,6,10-12,14H,5,7-9,13H2,1H3/t14-/m0/s1. The van der Waals surface area contributed by atoms with E-state index in [2.05, 4.69) is 9.97 Å². The Hall–Kier alpha value is -3.56. The van der Waals surface area contributed by atoms with E-state index in [0.717, 1.165) is 11.1 Å². The first-order valence-electron chi connectivity index (χ1n) is 10.4. The molecule has 8 nitrogen and oxygen atoms in total. The van der Waals surface area contributed by atoms with Gasteiger partial charge in [0.15, 0.2) is 0 Å². The highest BCUT2D eigenvalue weighted by Crippen LogP contribution is 2.33. The Labute approximate surface area is 182 Å². The first-order valence-corrected chi connectivity index (χ1v) is 10.4. The quantitative estimate of drug-likeness (QED) is 0.622. The fourth-order valence-electron chi connectivity index (χ4n) is 4.08. The Morgan fingerprint density at radius 2 is 2.03 bits per heavy atom. The largest absolute Gasteiger partial charge is 0.447 e. The molecule has 0 unspecified atom stereocenters. The minimum absolute atomic E-state index is 0.0213. The van der Waals surface area contributed by atoms with Gasteiger partial charge in [-0.05, 0) is 24.3 Å². The minimum Gasteiger partial charge on any atom is -0.447 e. The number of amides is 2. The number of pyridine rings is 2. The molecule has 2 fully saturated rings. The van der Waals surface area contributed by atoms with Crippen molar-refractivity contribution in [3.05, 3.63) is 48.4 Å². The normalized spacial score (nSPS) is 20.6. The second-order valence-electron chi connectivity index (χ2n) is 8.13. The molecule has 0 N–H and O–H groups in total. The molecule has 1 atom stereocenters. The summed E-state index contributed by atoms with van der Waals surface area (Å²) in [6, 6.07) is 7.11. The molecule has 0 aliphatic carbocycles. The Bertz CT molecular complexity index is 1190. The van der Waals surface area contributed by atoms with E-state index in [9.17, 15) is 18.4 Å². The van der Waals surface area contributed by atoms with E-state index in [4.69, 9.17) is 4.74 Å². The zero-order valence-corrected chi connectivity index (χ0v) is 17.4. The average Bonchev–Trinajstić information content (AvgIpc) is 3.41. The van der Waals surface area contributed by atoms with E-state index in [1.165, 1.54) is 22.9 Å². The molecule has 166 valence electrons. The van der Waals surface area contributed by atoms with Gasteiger partial charge < -0.3 is 9.64 Å². The molecule has 0 radical (unpaired) electrons. The molecular weight excluding hydrogens is 420 g/mol. The summed E-state index contributed by atoms with van der Waals surface area (Å²) < 4.78 is 34.3. The van der Waals surface area contributed by atoms with Crippen LogP contribution in [-0.2, 0) is 4.74 Å². The first-order chi connectivity index (χ1) is 15.3. The van der Waals surface area contributed by atoms with Crippen molar-refractivity contribution in [2.45, 2.75) is 19.3 Å². The molecule has 2 amide bonds. The maximum absolute atomic E-state index is 13.8. The van der Waals surface area contributed by atoms with Crippen molar-refractivity contribution in [3.8, 4) is 5.69 Å². The number of hydrogen-bond acceptors (Lipinski definition) is 5. The van der Waals surface area contributed by atoms with E-state index in [1.54, 1.807) is 18.3 Å². The number of anilines is 1. The molecule has 5 rings (SSSR count). The molecule has 2 aliphatic heterocycles. The van der Waals surface area contributed by atoms with Crippen LogP contribution in [0, 0.1) is 5.92 Å². The summed E-state index contributed by atoms with van der Waals surface area (Å²) in [4.78, 5) is 36.3. The molecule has 0 saturated carbocycles. The van der Waals surface area contributed by atoms with Crippen LogP contribution in [0.4, 0.5) is 19.4 Å². The van der Waals surface area contributed by atoms with Crippen molar-refractivity contribution in [2.75, 3.05) is 31.1 Å². The number of carbonyl (C=O) groups is 2. The van der Waals surface area contributed by atoms with E-state index < -0.39 is 17.9 Å². The van der Waals surface area contributed by atoms with Gasteiger partial charge in [-0.3, -0.25) is 14.3 Å². The van der Waals surface area contributed by atoms with Gasteiger partial charge >= 0.3 is 6.09 Å². The van der Waals surface area contributed by atoms with Gasteiger partial charge in [-0.15, -0.1) is 0 Å². The van der Waals surface area contributed by atoms with Crippen molar-refractivity contribution in [1.29, 1.82) is 0 Å². The van der Waals surface area contributed by atoms with Gasteiger partial charge in [-0.2, -0.15) is 0 Å². The Morgan fingerprint density at radius 3 is 2.72 bits per heavy atom. The molecule has 0 bridgehead atoms. The van der Waals surface area contributed by atoms with Crippen LogP contribution < -0.4 is 4.90 Å². The molecule has 3 aromatic heterocycles. The Morgan fingerprint density at radius 1 is 1.19 bits per heavy atom. The third kappa shape index (κ3) is 3.45. The number of fused-ring (bicyclic) bond motifs is 1. The number of likely N-dealkylation sites (tertiary alicyclic amines) is 1. The van der Waals surface area contributed by atoms with Crippen molar-refractivity contribution in [1.82, 2.24) is 19.4 Å². The number of halogens is 2. The molecule has 3 aromatic rings. The number of ether oxygens (including phenoxy) is 1. The van der Waals surface area contributed by atoms with Crippen molar-refractivity contribution >= 4 is 28.9 Å². The number of hydrogen-bond donors (Lipinski definition) is 0. The highest BCUT2D eigenvalue weighted by atomic mass is 19.3. The van der Waals surface area contributed by atoms with Crippen LogP contribution in [0.2, 0.25) is 0 Å². The molecule has 2 aliphatic rings. The van der Waals surface area contributed by atoms with Crippen LogP contribution in [0.25, 0.3) is 16.7 Å². The van der Waals surface area contributed by atoms with Crippen LogP contribution in [0.5, 0.6) is 0 Å². The topological polar surface area (TPSA) is 80.6 Å². The van der Waals surface area contributed by atoms with Crippen LogP contribution in [-0.4, -0.2) is 63.6 Å². The lowest BCUT2D eigenvalue weighted by atomic mass is 9.95. The summed E-state index contributed by atoms with van der Waals surface area (Å²) in [5.74, 6) is -3.40. The summed E-state index contributed by atoms with van der Waals surface area (Å²) in [6.45, 7) is 2.32. The molecule has 10 heteroatoms. The van der Waals surface area contributed by atoms with Crippen LogP contribution in [0.1, 0.15) is 23.7 Å². The molecule has 32 heavy (non-hydrogen) atoms. The van der Waals surface area contributed by atoms with Gasteiger partial charge in [0, 0.05) is 43.2 Å². The predicted octanol–water partition coefficient (Wildman–Crippen LogP) is 3.49. The number of aromatic nitrogens is 3. The third-order valence-electron chi connectivity index (χ3n) is 6.04. The number of nitrogens with zero attached hydrogens (tertiary/aromatic N) is 5. The number of rotatable bonds is 3. The van der Waals surface area contributed by atoms with E-state index in [-0.39, 0.29) is 25.4 Å². The van der Waals surface area contributed by atoms with Crippen molar-refractivity contribution in [2.24, 2.45) is 5.92 Å². The highest BCUT2D eigenvalue weighted by molar-refractivity contribution is 5.97. The molecule has 0 spiro atoms. The summed E-state index contributed by atoms with van der Waals surface area (Å²) in [7, 11) is 0. The van der Waals surface area contributed by atoms with Crippen LogP contribution in [0.3, 0.4) is 0 Å². The Balaban J connectivity index is 1.37. The lowest BCUT2D eigenvalue weighted by molar-refractivity contribution is -0.0921. The molecule has 2 saturated heterocycles. The summed E-state index contributed by atoms with van der Waals surface area (Å²) in [5, 5.41) is 0.749. The van der Waals surface area contributed by atoms with Crippen LogP contribution in [0.15, 0.2) is 42.9 Å². The van der Waals surface area contributed by atoms with Gasteiger partial charge in [-0.1, -0.05) is 6.92 Å². The highest BCUT2D eigenvalue weighted by Gasteiger charge is 2.42. The van der Waals surface area contributed by atoms with E-state index >= 15 is 0 Å². The number of cyclic esters (lactones) is 1. The lowest BCUT2D eigenvalue weighted by Gasteiger charge is -2.36. The SMILES string of the molecule is C[C@H]1CN(C(=O)c2cnc3c(ccn3-c3ccc(N4CCOC4=O)nc3)c2)CCC1(F)F. The fraction of sp³-hybridized carbons (Fsp3) is 0.364. The molecular formula is C22H21F2N5O3. The number of piperidine rings is 1. The van der Waals surface area contributed by atoms with Crippen LogP contribution >= 0.6 is 0 Å². The minimum atomic E-state index is -2.74. The van der Waals surface area contributed by atoms with Gasteiger partial charge in [-0.25, -0.2) is 23.5 Å². The summed E-state index contributed by atoms with van der Waals surface area (Å²) in [5.41, 5.74) is 1.75. The van der Waals surface area contributed by atoms with Crippen molar-refractivity contribution in [3.63, 3.8) is 0 Å². The van der Waals surface area contributed by atoms with Gasteiger partial charge in [0.05, 0.1) is 24.0 Å². The van der Waals surface area contributed by atoms with Gasteiger partial charge in [0.25, 0.3) is 11.8 Å². The second kappa shape index (κ2) is 7.54. The zero-order chi connectivity index (χ0) is 22.5. The maximum Gasteiger partial charge on any atom is 0.415 e. The van der Waals surface area contributed by atoms with Gasteiger partial charge in [0.1, 0.15) is 18.1 Å². The second-order valence-corrected chi connectivity index (χ2v) is 8.13. The number of carbonyl (C=O) groups excluding carboxylic acids is 2. The maximum atomic E-state index is 13.8. The lowest BCUT2D eigenvalue weighted by Crippen LogP contribution is -2.48. The third-order valence-corrected chi connectivity index (χ3v) is 6.04. The van der Waals surface area contributed by atoms with E-state index in [1.807, 2.05) is 22.9 Å². The predicted molar refractivity (Wildman–Crippen MR) is 112 cm³/mol. The smallest absolute Gasteiger partial charge is 0.415 e. The summed E-state index contributed by atoms with van der Waals surface area (Å²) >= 11 is 0. The summed E-state index contributed by atoms with van der Waals surface area (Å²) in [6.07, 6.45) is 4.18.